The summed E-state index contributed by atoms with van der Waals surface area (Å²) in [6.45, 7) is 0.358. The van der Waals surface area contributed by atoms with E-state index in [1.165, 1.54) is 29.2 Å². The number of carbonyl (C=O) groups excluding carboxylic acids is 1. The zero-order valence-electron chi connectivity index (χ0n) is 14.7. The van der Waals surface area contributed by atoms with Gasteiger partial charge in [0.05, 0.1) is 10.6 Å². The van der Waals surface area contributed by atoms with Crippen LogP contribution in [0.2, 0.25) is 0 Å². The molecule has 1 heterocycles. The van der Waals surface area contributed by atoms with Crippen LogP contribution in [0, 0.1) is 0 Å². The van der Waals surface area contributed by atoms with Crippen molar-refractivity contribution in [3.05, 3.63) is 65.7 Å². The molecule has 0 saturated carbocycles. The number of benzene rings is 2. The molecule has 0 aromatic heterocycles. The van der Waals surface area contributed by atoms with E-state index in [-0.39, 0.29) is 16.2 Å². The van der Waals surface area contributed by atoms with Crippen molar-refractivity contribution < 1.29 is 23.1 Å². The highest BCUT2D eigenvalue weighted by Crippen LogP contribution is 2.22. The molecule has 0 bridgehead atoms. The van der Waals surface area contributed by atoms with Crippen LogP contribution in [0.15, 0.2) is 59.5 Å². The van der Waals surface area contributed by atoms with E-state index in [0.717, 1.165) is 12.8 Å². The van der Waals surface area contributed by atoms with Gasteiger partial charge in [-0.15, -0.1) is 0 Å². The Kier molecular flexibility index (Phi) is 5.60. The van der Waals surface area contributed by atoms with Gasteiger partial charge in [-0.1, -0.05) is 36.4 Å². The Morgan fingerprint density at radius 1 is 1.04 bits per heavy atom. The number of hydrogen-bond acceptors (Lipinski definition) is 4. The molecule has 1 aliphatic heterocycles. The molecule has 7 heteroatoms. The predicted molar refractivity (Wildman–Crippen MR) is 100 cm³/mol. The first kappa shape index (κ1) is 19.1. The molecule has 1 unspecified atom stereocenters. The standard InChI is InChI=1S/C20H21NO5S/c22-19(21-12-5-4-11-18(21)20(23)24)16-9-6-10-17(13-16)27(25,26)14-15-7-2-1-3-8-15/h1-3,6-10,13,18H,4-5,11-12,14H2,(H,23,24). The first-order chi connectivity index (χ1) is 12.9. The quantitative estimate of drug-likeness (QED) is 0.852. The summed E-state index contributed by atoms with van der Waals surface area (Å²) in [4.78, 5) is 25.6. The molecule has 6 nitrogen and oxygen atoms in total. The van der Waals surface area contributed by atoms with E-state index < -0.39 is 27.8 Å². The summed E-state index contributed by atoms with van der Waals surface area (Å²) < 4.78 is 25.4. The van der Waals surface area contributed by atoms with Crippen LogP contribution in [0.1, 0.15) is 35.2 Å². The van der Waals surface area contributed by atoms with Gasteiger partial charge >= 0.3 is 5.97 Å². The molecule has 1 N–H and O–H groups in total. The van der Waals surface area contributed by atoms with E-state index in [4.69, 9.17) is 0 Å². The van der Waals surface area contributed by atoms with E-state index in [1.54, 1.807) is 24.3 Å². The second kappa shape index (κ2) is 7.92. The molecule has 3 rings (SSSR count). The highest BCUT2D eigenvalue weighted by atomic mass is 32.2. The average Bonchev–Trinajstić information content (AvgIpc) is 2.68. The molecule has 1 atom stereocenters. The Labute approximate surface area is 158 Å². The topological polar surface area (TPSA) is 91.8 Å². The SMILES string of the molecule is O=C(O)C1CCCCN1C(=O)c1cccc(S(=O)(=O)Cc2ccccc2)c1. The number of carbonyl (C=O) groups is 2. The fourth-order valence-electron chi connectivity index (χ4n) is 3.30. The fraction of sp³-hybridized carbons (Fsp3) is 0.300. The minimum Gasteiger partial charge on any atom is -0.480 e. The van der Waals surface area contributed by atoms with Crippen LogP contribution in [0.5, 0.6) is 0 Å². The highest BCUT2D eigenvalue weighted by Gasteiger charge is 2.32. The van der Waals surface area contributed by atoms with Gasteiger partial charge in [-0.25, -0.2) is 13.2 Å². The summed E-state index contributed by atoms with van der Waals surface area (Å²) in [5.74, 6) is -1.64. The van der Waals surface area contributed by atoms with Crippen LogP contribution < -0.4 is 0 Å². The molecule has 0 radical (unpaired) electrons. The molecule has 27 heavy (non-hydrogen) atoms. The fourth-order valence-corrected chi connectivity index (χ4v) is 4.69. The van der Waals surface area contributed by atoms with Crippen molar-refractivity contribution in [3.63, 3.8) is 0 Å². The van der Waals surface area contributed by atoms with Crippen LogP contribution in [-0.2, 0) is 20.4 Å². The maximum Gasteiger partial charge on any atom is 0.326 e. The zero-order chi connectivity index (χ0) is 19.4. The minimum atomic E-state index is -3.62. The number of likely N-dealkylation sites (tertiary alicyclic amines) is 1. The lowest BCUT2D eigenvalue weighted by Gasteiger charge is -2.33. The lowest BCUT2D eigenvalue weighted by Crippen LogP contribution is -2.48. The first-order valence-corrected chi connectivity index (χ1v) is 10.4. The predicted octanol–water partition coefficient (Wildman–Crippen LogP) is 2.74. The number of nitrogens with zero attached hydrogens (tertiary/aromatic N) is 1. The second-order valence-corrected chi connectivity index (χ2v) is 8.61. The monoisotopic (exact) mass is 387 g/mol. The van der Waals surface area contributed by atoms with Crippen molar-refractivity contribution in [2.24, 2.45) is 0 Å². The molecule has 142 valence electrons. The van der Waals surface area contributed by atoms with Crippen molar-refractivity contribution >= 4 is 21.7 Å². The van der Waals surface area contributed by atoms with E-state index in [1.807, 2.05) is 6.07 Å². The van der Waals surface area contributed by atoms with Crippen molar-refractivity contribution in [1.82, 2.24) is 4.90 Å². The average molecular weight is 387 g/mol. The van der Waals surface area contributed by atoms with E-state index in [9.17, 15) is 23.1 Å². The third kappa shape index (κ3) is 4.36. The lowest BCUT2D eigenvalue weighted by atomic mass is 10.0. The zero-order valence-corrected chi connectivity index (χ0v) is 15.6. The minimum absolute atomic E-state index is 0.0566. The van der Waals surface area contributed by atoms with Gasteiger partial charge in [-0.3, -0.25) is 4.79 Å². The Morgan fingerprint density at radius 3 is 2.48 bits per heavy atom. The molecule has 1 aliphatic rings. The number of rotatable bonds is 5. The normalized spacial score (nSPS) is 17.5. The van der Waals surface area contributed by atoms with Crippen molar-refractivity contribution in [2.75, 3.05) is 6.54 Å². The number of sulfone groups is 1. The van der Waals surface area contributed by atoms with Crippen LogP contribution >= 0.6 is 0 Å². The summed E-state index contributed by atoms with van der Waals surface area (Å²) in [6, 6.07) is 13.8. The third-order valence-electron chi connectivity index (χ3n) is 4.69. The first-order valence-electron chi connectivity index (χ1n) is 8.79. The highest BCUT2D eigenvalue weighted by molar-refractivity contribution is 7.90. The Bertz CT molecular complexity index is 940. The Hall–Kier alpha value is -2.67. The van der Waals surface area contributed by atoms with Crippen LogP contribution in [0.4, 0.5) is 0 Å². The molecule has 2 aromatic carbocycles. The smallest absolute Gasteiger partial charge is 0.326 e. The number of aliphatic carboxylic acids is 1. The third-order valence-corrected chi connectivity index (χ3v) is 6.37. The summed E-state index contributed by atoms with van der Waals surface area (Å²) in [5.41, 5.74) is 0.855. The molecule has 2 aromatic rings. The van der Waals surface area contributed by atoms with Crippen LogP contribution in [0.25, 0.3) is 0 Å². The van der Waals surface area contributed by atoms with E-state index >= 15 is 0 Å². The van der Waals surface area contributed by atoms with Crippen LogP contribution in [-0.4, -0.2) is 42.9 Å². The van der Waals surface area contributed by atoms with Gasteiger partial charge in [0.1, 0.15) is 6.04 Å². The van der Waals surface area contributed by atoms with E-state index in [2.05, 4.69) is 0 Å². The molecule has 0 aliphatic carbocycles. The second-order valence-electron chi connectivity index (χ2n) is 6.62. The molecule has 0 spiro atoms. The maximum atomic E-state index is 12.8. The Morgan fingerprint density at radius 2 is 1.78 bits per heavy atom. The summed E-state index contributed by atoms with van der Waals surface area (Å²) in [6.07, 6.45) is 1.90. The van der Waals surface area contributed by atoms with Gasteiger partial charge < -0.3 is 10.0 Å². The summed E-state index contributed by atoms with van der Waals surface area (Å²) in [5, 5.41) is 9.36. The number of hydrogen-bond donors (Lipinski definition) is 1. The Balaban J connectivity index is 1.86. The van der Waals surface area contributed by atoms with Gasteiger partial charge in [-0.05, 0) is 43.0 Å². The number of carboxylic acid groups (broad SMARTS) is 1. The van der Waals surface area contributed by atoms with Crippen LogP contribution in [0.3, 0.4) is 0 Å². The van der Waals surface area contributed by atoms with Gasteiger partial charge in [-0.2, -0.15) is 0 Å². The maximum absolute atomic E-state index is 12.8. The largest absolute Gasteiger partial charge is 0.480 e. The lowest BCUT2D eigenvalue weighted by molar-refractivity contribution is -0.143. The van der Waals surface area contributed by atoms with Crippen molar-refractivity contribution in [1.29, 1.82) is 0 Å². The molecular formula is C20H21NO5S. The summed E-state index contributed by atoms with van der Waals surface area (Å²) in [7, 11) is -3.62. The molecular weight excluding hydrogens is 366 g/mol. The van der Waals surface area contributed by atoms with Gasteiger partial charge in [0.25, 0.3) is 5.91 Å². The van der Waals surface area contributed by atoms with Gasteiger partial charge in [0.15, 0.2) is 9.84 Å². The molecule has 1 fully saturated rings. The number of carboxylic acids is 1. The molecule has 1 saturated heterocycles. The van der Waals surface area contributed by atoms with Gasteiger partial charge in [0.2, 0.25) is 0 Å². The molecule has 1 amide bonds. The van der Waals surface area contributed by atoms with E-state index in [0.29, 0.717) is 18.5 Å². The number of piperidine rings is 1. The van der Waals surface area contributed by atoms with Crippen molar-refractivity contribution in [2.45, 2.75) is 36.0 Å². The van der Waals surface area contributed by atoms with Crippen molar-refractivity contribution in [3.8, 4) is 0 Å². The van der Waals surface area contributed by atoms with Gasteiger partial charge in [0, 0.05) is 12.1 Å². The number of amides is 1. The summed E-state index contributed by atoms with van der Waals surface area (Å²) >= 11 is 0.